The van der Waals surface area contributed by atoms with Crippen LogP contribution < -0.4 is 5.32 Å². The molecule has 0 fully saturated rings. The zero-order valence-electron chi connectivity index (χ0n) is 11.2. The van der Waals surface area contributed by atoms with Crippen LogP contribution in [-0.2, 0) is 11.2 Å². The highest BCUT2D eigenvalue weighted by Gasteiger charge is 2.28. The van der Waals surface area contributed by atoms with E-state index in [0.29, 0.717) is 0 Å². The Kier molecular flexibility index (Phi) is 3.85. The molecule has 1 unspecified atom stereocenters. The summed E-state index contributed by atoms with van der Waals surface area (Å²) in [6.07, 6.45) is 1.11. The van der Waals surface area contributed by atoms with E-state index in [1.54, 1.807) is 0 Å². The van der Waals surface area contributed by atoms with Crippen molar-refractivity contribution in [3.63, 3.8) is 0 Å². The van der Waals surface area contributed by atoms with Crippen molar-refractivity contribution in [2.45, 2.75) is 45.3 Å². The standard InChI is InChI=1S/C14H17BrFNO2/c1-14(2,3)19-13(18)17-12-5-4-9-10(12)6-8(16)7-11(9)15/h6-7,12H,4-5H2,1-3H3,(H,17,18). The van der Waals surface area contributed by atoms with Crippen LogP contribution >= 0.6 is 15.9 Å². The number of nitrogens with one attached hydrogen (secondary N) is 1. The van der Waals surface area contributed by atoms with Crippen molar-refractivity contribution >= 4 is 22.0 Å². The van der Waals surface area contributed by atoms with Gasteiger partial charge in [-0.05, 0) is 56.9 Å². The first-order valence-corrected chi connectivity index (χ1v) is 7.03. The molecule has 0 bridgehead atoms. The summed E-state index contributed by atoms with van der Waals surface area (Å²) in [4.78, 5) is 11.8. The molecule has 0 aliphatic heterocycles. The molecule has 104 valence electrons. The molecule has 0 aromatic heterocycles. The maximum absolute atomic E-state index is 13.4. The normalized spacial score (nSPS) is 18.1. The van der Waals surface area contributed by atoms with Gasteiger partial charge in [0.05, 0.1) is 6.04 Å². The van der Waals surface area contributed by atoms with Gasteiger partial charge >= 0.3 is 6.09 Å². The monoisotopic (exact) mass is 329 g/mol. The molecule has 1 aromatic carbocycles. The van der Waals surface area contributed by atoms with E-state index in [1.165, 1.54) is 12.1 Å². The minimum absolute atomic E-state index is 0.183. The van der Waals surface area contributed by atoms with Gasteiger partial charge in [0.1, 0.15) is 11.4 Å². The van der Waals surface area contributed by atoms with Crippen LogP contribution in [0.5, 0.6) is 0 Å². The predicted octanol–water partition coefficient (Wildman–Crippen LogP) is 4.10. The second-order valence-electron chi connectivity index (χ2n) is 5.69. The molecule has 0 saturated carbocycles. The highest BCUT2D eigenvalue weighted by Crippen LogP contribution is 2.36. The quantitative estimate of drug-likeness (QED) is 0.842. The Morgan fingerprint density at radius 1 is 1.47 bits per heavy atom. The van der Waals surface area contributed by atoms with E-state index in [-0.39, 0.29) is 11.9 Å². The Hall–Kier alpha value is -1.10. The second-order valence-corrected chi connectivity index (χ2v) is 6.55. The lowest BCUT2D eigenvalue weighted by molar-refractivity contribution is 0.0503. The lowest BCUT2D eigenvalue weighted by atomic mass is 10.1. The van der Waals surface area contributed by atoms with Crippen LogP contribution in [0.25, 0.3) is 0 Å². The SMILES string of the molecule is CC(C)(C)OC(=O)NC1CCc2c(Br)cc(F)cc21. The smallest absolute Gasteiger partial charge is 0.408 e. The Bertz CT molecular complexity index is 511. The summed E-state index contributed by atoms with van der Waals surface area (Å²) in [6.45, 7) is 5.43. The van der Waals surface area contributed by atoms with Gasteiger partial charge < -0.3 is 10.1 Å². The number of hydrogen-bond acceptors (Lipinski definition) is 2. The molecule has 19 heavy (non-hydrogen) atoms. The number of alkyl carbamates (subject to hydrolysis) is 1. The lowest BCUT2D eigenvalue weighted by Crippen LogP contribution is -2.34. The average Bonchev–Trinajstić information content (AvgIpc) is 2.58. The molecule has 5 heteroatoms. The van der Waals surface area contributed by atoms with E-state index >= 15 is 0 Å². The Morgan fingerprint density at radius 2 is 2.16 bits per heavy atom. The summed E-state index contributed by atoms with van der Waals surface area (Å²) < 4.78 is 19.4. The van der Waals surface area contributed by atoms with Crippen molar-refractivity contribution in [1.29, 1.82) is 0 Å². The third kappa shape index (κ3) is 3.47. The zero-order chi connectivity index (χ0) is 14.2. The largest absolute Gasteiger partial charge is 0.444 e. The number of rotatable bonds is 1. The summed E-state index contributed by atoms with van der Waals surface area (Å²) in [7, 11) is 0. The van der Waals surface area contributed by atoms with Gasteiger partial charge in [0.25, 0.3) is 0 Å². The first kappa shape index (κ1) is 14.3. The third-order valence-electron chi connectivity index (χ3n) is 2.94. The maximum atomic E-state index is 13.4. The summed E-state index contributed by atoms with van der Waals surface area (Å²) >= 11 is 3.36. The van der Waals surface area contributed by atoms with Crippen molar-refractivity contribution in [2.75, 3.05) is 0 Å². The van der Waals surface area contributed by atoms with E-state index in [1.807, 2.05) is 20.8 Å². The molecule has 0 saturated heterocycles. The van der Waals surface area contributed by atoms with Crippen molar-refractivity contribution in [3.8, 4) is 0 Å². The molecule has 0 spiro atoms. The second kappa shape index (κ2) is 5.12. The minimum atomic E-state index is -0.534. The Labute approximate surface area is 120 Å². The van der Waals surface area contributed by atoms with Gasteiger partial charge in [-0.15, -0.1) is 0 Å². The lowest BCUT2D eigenvalue weighted by Gasteiger charge is -2.22. The zero-order valence-corrected chi connectivity index (χ0v) is 12.8. The molecule has 1 amide bonds. The van der Waals surface area contributed by atoms with Crippen molar-refractivity contribution in [2.24, 2.45) is 0 Å². The van der Waals surface area contributed by atoms with Gasteiger partial charge in [-0.25, -0.2) is 9.18 Å². The first-order chi connectivity index (χ1) is 8.76. The van der Waals surface area contributed by atoms with Gasteiger partial charge in [0.2, 0.25) is 0 Å². The van der Waals surface area contributed by atoms with Crippen molar-refractivity contribution in [1.82, 2.24) is 5.32 Å². The highest BCUT2D eigenvalue weighted by molar-refractivity contribution is 9.10. The third-order valence-corrected chi connectivity index (χ3v) is 3.65. The molecule has 1 aliphatic rings. The van der Waals surface area contributed by atoms with Crippen LogP contribution in [0.2, 0.25) is 0 Å². The Balaban J connectivity index is 2.13. The Morgan fingerprint density at radius 3 is 2.79 bits per heavy atom. The molecule has 1 aliphatic carbocycles. The van der Waals surface area contributed by atoms with Crippen molar-refractivity contribution < 1.29 is 13.9 Å². The van der Waals surface area contributed by atoms with Crippen LogP contribution in [0.1, 0.15) is 44.4 Å². The van der Waals surface area contributed by atoms with Gasteiger partial charge in [-0.2, -0.15) is 0 Å². The number of amides is 1. The van der Waals surface area contributed by atoms with Crippen LogP contribution in [0.15, 0.2) is 16.6 Å². The fourth-order valence-electron chi connectivity index (χ4n) is 2.24. The van der Waals surface area contributed by atoms with Gasteiger partial charge in [0, 0.05) is 4.47 Å². The molecular weight excluding hydrogens is 313 g/mol. The van der Waals surface area contributed by atoms with Crippen LogP contribution in [0.4, 0.5) is 9.18 Å². The molecule has 0 heterocycles. The highest BCUT2D eigenvalue weighted by atomic mass is 79.9. The predicted molar refractivity (Wildman–Crippen MR) is 74.5 cm³/mol. The number of halogens is 2. The average molecular weight is 330 g/mol. The van der Waals surface area contributed by atoms with Crippen molar-refractivity contribution in [3.05, 3.63) is 33.5 Å². The van der Waals surface area contributed by atoms with E-state index < -0.39 is 11.7 Å². The topological polar surface area (TPSA) is 38.3 Å². The summed E-state index contributed by atoms with van der Waals surface area (Å²) in [5.74, 6) is -0.302. The number of fused-ring (bicyclic) bond motifs is 1. The fourth-order valence-corrected chi connectivity index (χ4v) is 2.89. The van der Waals surface area contributed by atoms with Crippen LogP contribution in [0.3, 0.4) is 0 Å². The molecule has 1 atom stereocenters. The van der Waals surface area contributed by atoms with Crippen LogP contribution in [-0.4, -0.2) is 11.7 Å². The van der Waals surface area contributed by atoms with Crippen LogP contribution in [0, 0.1) is 5.82 Å². The van der Waals surface area contributed by atoms with Gasteiger partial charge in [0.15, 0.2) is 0 Å². The summed E-state index contributed by atoms with van der Waals surface area (Å²) in [5, 5.41) is 2.80. The molecule has 2 rings (SSSR count). The van der Waals surface area contributed by atoms with E-state index in [4.69, 9.17) is 4.74 Å². The molecule has 3 nitrogen and oxygen atoms in total. The number of hydrogen-bond donors (Lipinski definition) is 1. The molecule has 1 N–H and O–H groups in total. The number of carbonyl (C=O) groups is 1. The number of ether oxygens (including phenoxy) is 1. The first-order valence-electron chi connectivity index (χ1n) is 6.23. The number of benzene rings is 1. The van der Waals surface area contributed by atoms with E-state index in [0.717, 1.165) is 28.4 Å². The molecular formula is C14H17BrFNO2. The fraction of sp³-hybridized carbons (Fsp3) is 0.500. The number of carbonyl (C=O) groups excluding carboxylic acids is 1. The molecule has 1 aromatic rings. The summed E-state index contributed by atoms with van der Waals surface area (Å²) in [6, 6.07) is 2.75. The van der Waals surface area contributed by atoms with Gasteiger partial charge in [-0.1, -0.05) is 15.9 Å². The minimum Gasteiger partial charge on any atom is -0.444 e. The van der Waals surface area contributed by atoms with E-state index in [9.17, 15) is 9.18 Å². The maximum Gasteiger partial charge on any atom is 0.408 e. The molecule has 0 radical (unpaired) electrons. The van der Waals surface area contributed by atoms with Gasteiger partial charge in [-0.3, -0.25) is 0 Å². The summed E-state index contributed by atoms with van der Waals surface area (Å²) in [5.41, 5.74) is 1.36. The van der Waals surface area contributed by atoms with E-state index in [2.05, 4.69) is 21.2 Å².